The molecule has 4 heteroatoms. The van der Waals surface area contributed by atoms with Gasteiger partial charge in [-0.3, -0.25) is 0 Å². The predicted octanol–water partition coefficient (Wildman–Crippen LogP) is 4.19. The molecule has 1 aromatic rings. The van der Waals surface area contributed by atoms with Crippen molar-refractivity contribution in [3.8, 4) is 5.88 Å². The Kier molecular flexibility index (Phi) is 5.67. The summed E-state index contributed by atoms with van der Waals surface area (Å²) in [6.07, 6.45) is 5.13. The Morgan fingerprint density at radius 2 is 2.20 bits per heavy atom. The smallest absolute Gasteiger partial charge is 0.213 e. The van der Waals surface area contributed by atoms with Crippen molar-refractivity contribution < 1.29 is 4.74 Å². The van der Waals surface area contributed by atoms with Gasteiger partial charge in [0.2, 0.25) is 5.88 Å². The Balaban J connectivity index is 1.99. The molecular formula is C16H25ClN2O. The molecule has 2 atom stereocenters. The molecular weight excluding hydrogens is 272 g/mol. The quantitative estimate of drug-likeness (QED) is 0.884. The Morgan fingerprint density at radius 1 is 1.40 bits per heavy atom. The van der Waals surface area contributed by atoms with E-state index in [4.69, 9.17) is 16.3 Å². The van der Waals surface area contributed by atoms with Crippen molar-refractivity contribution in [3.05, 3.63) is 22.8 Å². The first kappa shape index (κ1) is 15.6. The minimum Gasteiger partial charge on any atom is -0.474 e. The molecule has 0 radical (unpaired) electrons. The minimum absolute atomic E-state index is 0.304. The molecule has 2 rings (SSSR count). The molecule has 112 valence electrons. The number of aromatic nitrogens is 1. The third-order valence-electron chi connectivity index (χ3n) is 3.75. The first-order valence-electron chi connectivity index (χ1n) is 7.60. The maximum atomic E-state index is 6.19. The highest BCUT2D eigenvalue weighted by atomic mass is 35.5. The van der Waals surface area contributed by atoms with Gasteiger partial charge in [0.15, 0.2) is 0 Å². The fourth-order valence-electron chi connectivity index (χ4n) is 2.61. The van der Waals surface area contributed by atoms with Crippen LogP contribution >= 0.6 is 11.6 Å². The molecule has 1 heterocycles. The van der Waals surface area contributed by atoms with Gasteiger partial charge < -0.3 is 10.1 Å². The average Bonchev–Trinajstić information content (AvgIpc) is 2.39. The van der Waals surface area contributed by atoms with Gasteiger partial charge in [-0.15, -0.1) is 0 Å². The summed E-state index contributed by atoms with van der Waals surface area (Å²) in [5.74, 6) is 1.46. The zero-order valence-corrected chi connectivity index (χ0v) is 13.4. The Labute approximate surface area is 127 Å². The molecule has 2 unspecified atom stereocenters. The van der Waals surface area contributed by atoms with Crippen LogP contribution in [0.4, 0.5) is 0 Å². The lowest BCUT2D eigenvalue weighted by atomic mass is 9.89. The maximum Gasteiger partial charge on any atom is 0.213 e. The van der Waals surface area contributed by atoms with Crippen molar-refractivity contribution in [1.82, 2.24) is 10.3 Å². The van der Waals surface area contributed by atoms with E-state index >= 15 is 0 Å². The number of rotatable bonds is 5. The van der Waals surface area contributed by atoms with Crippen LogP contribution in [0, 0.1) is 5.92 Å². The fourth-order valence-corrected chi connectivity index (χ4v) is 2.78. The molecule has 1 aromatic heterocycles. The van der Waals surface area contributed by atoms with Crippen LogP contribution in [0.25, 0.3) is 0 Å². The number of nitrogens with one attached hydrogen (secondary N) is 1. The van der Waals surface area contributed by atoms with Gasteiger partial charge in [0.25, 0.3) is 0 Å². The van der Waals surface area contributed by atoms with Crippen LogP contribution in [0.1, 0.15) is 52.1 Å². The van der Waals surface area contributed by atoms with Crippen molar-refractivity contribution in [2.24, 2.45) is 5.92 Å². The molecule has 20 heavy (non-hydrogen) atoms. The predicted molar refractivity (Wildman–Crippen MR) is 83.3 cm³/mol. The van der Waals surface area contributed by atoms with Crippen LogP contribution < -0.4 is 10.1 Å². The van der Waals surface area contributed by atoms with Crippen molar-refractivity contribution >= 4 is 11.6 Å². The number of hydrogen-bond acceptors (Lipinski definition) is 3. The summed E-state index contributed by atoms with van der Waals surface area (Å²) < 4.78 is 6.03. The first-order valence-corrected chi connectivity index (χ1v) is 7.98. The highest BCUT2D eigenvalue weighted by molar-refractivity contribution is 6.31. The molecule has 1 aliphatic carbocycles. The van der Waals surface area contributed by atoms with Gasteiger partial charge >= 0.3 is 0 Å². The molecule has 0 aromatic carbocycles. The lowest BCUT2D eigenvalue weighted by molar-refractivity contribution is 0.123. The van der Waals surface area contributed by atoms with Gasteiger partial charge in [-0.05, 0) is 31.2 Å². The van der Waals surface area contributed by atoms with Crippen LogP contribution in [0.3, 0.4) is 0 Å². The summed E-state index contributed by atoms with van der Waals surface area (Å²) in [6.45, 7) is 7.19. The molecule has 0 amide bonds. The van der Waals surface area contributed by atoms with Gasteiger partial charge in [-0.1, -0.05) is 38.8 Å². The summed E-state index contributed by atoms with van der Waals surface area (Å²) in [4.78, 5) is 4.55. The number of pyridine rings is 1. The molecule has 1 fully saturated rings. The summed E-state index contributed by atoms with van der Waals surface area (Å²) in [7, 11) is 0. The van der Waals surface area contributed by atoms with Gasteiger partial charge in [0.05, 0.1) is 10.7 Å². The van der Waals surface area contributed by atoms with Crippen molar-refractivity contribution in [1.29, 1.82) is 0 Å². The largest absolute Gasteiger partial charge is 0.474 e. The second-order valence-corrected chi connectivity index (χ2v) is 6.53. The number of hydrogen-bond donors (Lipinski definition) is 1. The second-order valence-electron chi connectivity index (χ2n) is 6.13. The second kappa shape index (κ2) is 7.28. The van der Waals surface area contributed by atoms with E-state index < -0.39 is 0 Å². The molecule has 1 aliphatic rings. The van der Waals surface area contributed by atoms with Crippen molar-refractivity contribution in [2.75, 3.05) is 0 Å². The zero-order chi connectivity index (χ0) is 14.5. The Bertz CT molecular complexity index is 436. The standard InChI is InChI=1S/C16H25ClN2O/c1-11(2)18-10-15-14(17)7-8-16(19-15)20-13-6-4-5-12(3)9-13/h7-8,11-13,18H,4-6,9-10H2,1-3H3. The van der Waals surface area contributed by atoms with E-state index in [2.05, 4.69) is 31.1 Å². The monoisotopic (exact) mass is 296 g/mol. The zero-order valence-electron chi connectivity index (χ0n) is 12.7. The van der Waals surface area contributed by atoms with E-state index in [9.17, 15) is 0 Å². The van der Waals surface area contributed by atoms with Crippen LogP contribution in [0.15, 0.2) is 12.1 Å². The van der Waals surface area contributed by atoms with Crippen LogP contribution in [0.5, 0.6) is 5.88 Å². The molecule has 3 nitrogen and oxygen atoms in total. The van der Waals surface area contributed by atoms with Gasteiger partial charge in [0, 0.05) is 18.7 Å². The van der Waals surface area contributed by atoms with E-state index in [0.29, 0.717) is 29.6 Å². The van der Waals surface area contributed by atoms with E-state index in [-0.39, 0.29) is 0 Å². The third-order valence-corrected chi connectivity index (χ3v) is 4.09. The lowest BCUT2D eigenvalue weighted by Crippen LogP contribution is -2.25. The summed E-state index contributed by atoms with van der Waals surface area (Å²) in [6, 6.07) is 4.17. The molecule has 0 bridgehead atoms. The Morgan fingerprint density at radius 3 is 2.90 bits per heavy atom. The maximum absolute atomic E-state index is 6.19. The van der Waals surface area contributed by atoms with Crippen molar-refractivity contribution in [3.63, 3.8) is 0 Å². The van der Waals surface area contributed by atoms with Crippen LogP contribution in [-0.2, 0) is 6.54 Å². The summed E-state index contributed by atoms with van der Waals surface area (Å²) >= 11 is 6.19. The van der Waals surface area contributed by atoms with Gasteiger partial charge in [-0.2, -0.15) is 0 Å². The van der Waals surface area contributed by atoms with Crippen LogP contribution in [0.2, 0.25) is 5.02 Å². The van der Waals surface area contributed by atoms with Gasteiger partial charge in [0.1, 0.15) is 6.10 Å². The number of nitrogens with zero attached hydrogens (tertiary/aromatic N) is 1. The number of ether oxygens (including phenoxy) is 1. The third kappa shape index (κ3) is 4.64. The molecule has 1 N–H and O–H groups in total. The normalized spacial score (nSPS) is 23.1. The SMILES string of the molecule is CC1CCCC(Oc2ccc(Cl)c(CNC(C)C)n2)C1. The van der Waals surface area contributed by atoms with E-state index in [0.717, 1.165) is 24.5 Å². The topological polar surface area (TPSA) is 34.1 Å². The fraction of sp³-hybridized carbons (Fsp3) is 0.688. The van der Waals surface area contributed by atoms with Crippen molar-refractivity contribution in [2.45, 2.75) is 65.1 Å². The highest BCUT2D eigenvalue weighted by Crippen LogP contribution is 2.27. The average molecular weight is 297 g/mol. The molecule has 0 saturated heterocycles. The number of halogens is 1. The van der Waals surface area contributed by atoms with E-state index in [1.807, 2.05) is 12.1 Å². The minimum atomic E-state index is 0.304. The van der Waals surface area contributed by atoms with Crippen LogP contribution in [-0.4, -0.2) is 17.1 Å². The summed E-state index contributed by atoms with van der Waals surface area (Å²) in [5.41, 5.74) is 0.863. The van der Waals surface area contributed by atoms with E-state index in [1.54, 1.807) is 0 Å². The molecule has 1 saturated carbocycles. The molecule has 0 spiro atoms. The lowest BCUT2D eigenvalue weighted by Gasteiger charge is -2.27. The first-order chi connectivity index (χ1) is 9.54. The van der Waals surface area contributed by atoms with Gasteiger partial charge in [-0.25, -0.2) is 4.98 Å². The molecule has 0 aliphatic heterocycles. The Hall–Kier alpha value is -0.800. The highest BCUT2D eigenvalue weighted by Gasteiger charge is 2.20. The van der Waals surface area contributed by atoms with E-state index in [1.165, 1.54) is 12.8 Å². The summed E-state index contributed by atoms with van der Waals surface area (Å²) in [5, 5.41) is 4.03.